The third kappa shape index (κ3) is 6.26. The van der Waals surface area contributed by atoms with Crippen molar-refractivity contribution in [3.63, 3.8) is 0 Å². The molecule has 2 amide bonds. The van der Waals surface area contributed by atoms with E-state index in [1.165, 1.54) is 11.8 Å². The lowest BCUT2D eigenvalue weighted by Gasteiger charge is -2.17. The Labute approximate surface area is 158 Å². The highest BCUT2D eigenvalue weighted by atomic mass is 32.2. The van der Waals surface area contributed by atoms with Crippen LogP contribution in [0.2, 0.25) is 0 Å². The summed E-state index contributed by atoms with van der Waals surface area (Å²) in [7, 11) is 1.73. The average Bonchev–Trinajstić information content (AvgIpc) is 2.62. The molecule has 0 fully saturated rings. The molecule has 0 atom stereocenters. The van der Waals surface area contributed by atoms with E-state index in [9.17, 15) is 9.59 Å². The fourth-order valence-corrected chi connectivity index (χ4v) is 3.06. The summed E-state index contributed by atoms with van der Waals surface area (Å²) >= 11 is 1.29. The first-order valence-corrected chi connectivity index (χ1v) is 9.30. The molecular formula is C20H21N3O2S. The molecule has 5 nitrogen and oxygen atoms in total. The van der Waals surface area contributed by atoms with E-state index in [2.05, 4.69) is 11.4 Å². The van der Waals surface area contributed by atoms with Crippen LogP contribution in [-0.2, 0) is 16.1 Å². The van der Waals surface area contributed by atoms with Crippen molar-refractivity contribution in [2.24, 2.45) is 0 Å². The van der Waals surface area contributed by atoms with E-state index in [0.29, 0.717) is 12.1 Å². The zero-order chi connectivity index (χ0) is 18.9. The Kier molecular flexibility index (Phi) is 7.24. The van der Waals surface area contributed by atoms with Crippen LogP contribution in [0, 0.1) is 18.3 Å². The standard InChI is InChI=1S/C20H21N3O2S/c1-15-4-3-5-18(10-15)22-19(24)13-26-14-20(25)23(2)12-17-8-6-16(11-21)7-9-17/h3-10H,12-14H2,1-2H3,(H,22,24). The molecule has 2 rings (SSSR count). The maximum atomic E-state index is 12.2. The Balaban J connectivity index is 1.73. The van der Waals surface area contributed by atoms with Gasteiger partial charge in [-0.2, -0.15) is 5.26 Å². The van der Waals surface area contributed by atoms with Crippen molar-refractivity contribution >= 4 is 29.3 Å². The summed E-state index contributed by atoms with van der Waals surface area (Å²) in [5.74, 6) is 0.309. The Bertz CT molecular complexity index is 813. The number of nitriles is 1. The van der Waals surface area contributed by atoms with E-state index in [4.69, 9.17) is 5.26 Å². The largest absolute Gasteiger partial charge is 0.341 e. The van der Waals surface area contributed by atoms with Crippen molar-refractivity contribution in [3.8, 4) is 6.07 Å². The molecule has 0 aliphatic rings. The van der Waals surface area contributed by atoms with Crippen LogP contribution in [0.4, 0.5) is 5.69 Å². The molecule has 6 heteroatoms. The van der Waals surface area contributed by atoms with Gasteiger partial charge in [-0.05, 0) is 42.3 Å². The van der Waals surface area contributed by atoms with Gasteiger partial charge in [-0.3, -0.25) is 9.59 Å². The maximum Gasteiger partial charge on any atom is 0.234 e. The van der Waals surface area contributed by atoms with Gasteiger partial charge in [0.05, 0.1) is 23.1 Å². The molecule has 0 spiro atoms. The molecule has 0 aromatic heterocycles. The smallest absolute Gasteiger partial charge is 0.234 e. The number of carbonyl (C=O) groups excluding carboxylic acids is 2. The van der Waals surface area contributed by atoms with Gasteiger partial charge in [-0.1, -0.05) is 24.3 Å². The van der Waals surface area contributed by atoms with Crippen LogP contribution in [0.25, 0.3) is 0 Å². The average molecular weight is 367 g/mol. The Hall–Kier alpha value is -2.78. The Morgan fingerprint density at radius 1 is 1.15 bits per heavy atom. The third-order valence-corrected chi connectivity index (χ3v) is 4.61. The first kappa shape index (κ1) is 19.5. The quantitative estimate of drug-likeness (QED) is 0.816. The molecule has 0 aliphatic carbocycles. The van der Waals surface area contributed by atoms with E-state index in [1.54, 1.807) is 24.1 Å². The minimum Gasteiger partial charge on any atom is -0.341 e. The van der Waals surface area contributed by atoms with Gasteiger partial charge in [-0.25, -0.2) is 0 Å². The lowest BCUT2D eigenvalue weighted by Crippen LogP contribution is -2.28. The molecule has 0 unspecified atom stereocenters. The molecule has 1 N–H and O–H groups in total. The number of aryl methyl sites for hydroxylation is 1. The fraction of sp³-hybridized carbons (Fsp3) is 0.250. The number of thioether (sulfide) groups is 1. The third-order valence-electron chi connectivity index (χ3n) is 3.69. The van der Waals surface area contributed by atoms with Gasteiger partial charge < -0.3 is 10.2 Å². The lowest BCUT2D eigenvalue weighted by atomic mass is 10.1. The molecular weight excluding hydrogens is 346 g/mol. The molecule has 2 aromatic carbocycles. The number of hydrogen-bond acceptors (Lipinski definition) is 4. The topological polar surface area (TPSA) is 73.2 Å². The number of nitrogens with one attached hydrogen (secondary N) is 1. The van der Waals surface area contributed by atoms with Gasteiger partial charge >= 0.3 is 0 Å². The maximum absolute atomic E-state index is 12.2. The summed E-state index contributed by atoms with van der Waals surface area (Å²) in [5.41, 5.74) is 3.40. The summed E-state index contributed by atoms with van der Waals surface area (Å²) in [6.45, 7) is 2.44. The van der Waals surface area contributed by atoms with E-state index in [0.717, 1.165) is 16.8 Å². The van der Waals surface area contributed by atoms with E-state index < -0.39 is 0 Å². The van der Waals surface area contributed by atoms with E-state index >= 15 is 0 Å². The van der Waals surface area contributed by atoms with Crippen LogP contribution >= 0.6 is 11.8 Å². The van der Waals surface area contributed by atoms with Crippen LogP contribution in [0.3, 0.4) is 0 Å². The van der Waals surface area contributed by atoms with Crippen molar-refractivity contribution < 1.29 is 9.59 Å². The number of benzene rings is 2. The molecule has 2 aromatic rings. The summed E-state index contributed by atoms with van der Waals surface area (Å²) in [6, 6.07) is 16.8. The van der Waals surface area contributed by atoms with Crippen molar-refractivity contribution in [1.82, 2.24) is 4.90 Å². The van der Waals surface area contributed by atoms with Gasteiger partial charge in [0.25, 0.3) is 0 Å². The summed E-state index contributed by atoms with van der Waals surface area (Å²) in [6.07, 6.45) is 0. The minimum atomic E-state index is -0.122. The first-order chi connectivity index (χ1) is 12.5. The highest BCUT2D eigenvalue weighted by Gasteiger charge is 2.11. The highest BCUT2D eigenvalue weighted by molar-refractivity contribution is 8.00. The predicted octanol–water partition coefficient (Wildman–Crippen LogP) is 3.20. The number of hydrogen-bond donors (Lipinski definition) is 1. The van der Waals surface area contributed by atoms with Gasteiger partial charge in [0.15, 0.2) is 0 Å². The lowest BCUT2D eigenvalue weighted by molar-refractivity contribution is -0.127. The zero-order valence-electron chi connectivity index (χ0n) is 14.9. The van der Waals surface area contributed by atoms with Gasteiger partial charge in [0.2, 0.25) is 11.8 Å². The van der Waals surface area contributed by atoms with Crippen LogP contribution in [-0.4, -0.2) is 35.3 Å². The van der Waals surface area contributed by atoms with Crippen LogP contribution in [0.1, 0.15) is 16.7 Å². The fourth-order valence-electron chi connectivity index (χ4n) is 2.31. The number of anilines is 1. The number of amides is 2. The second kappa shape index (κ2) is 9.64. The molecule has 0 saturated heterocycles. The van der Waals surface area contributed by atoms with Crippen LogP contribution in [0.15, 0.2) is 48.5 Å². The summed E-state index contributed by atoms with van der Waals surface area (Å²) in [4.78, 5) is 25.7. The number of rotatable bonds is 7. The highest BCUT2D eigenvalue weighted by Crippen LogP contribution is 2.11. The van der Waals surface area contributed by atoms with Crippen molar-refractivity contribution in [3.05, 3.63) is 65.2 Å². The van der Waals surface area contributed by atoms with Crippen LogP contribution < -0.4 is 5.32 Å². The Morgan fingerprint density at radius 3 is 2.54 bits per heavy atom. The Morgan fingerprint density at radius 2 is 1.88 bits per heavy atom. The van der Waals surface area contributed by atoms with Gasteiger partial charge in [0.1, 0.15) is 0 Å². The van der Waals surface area contributed by atoms with E-state index in [-0.39, 0.29) is 23.3 Å². The summed E-state index contributed by atoms with van der Waals surface area (Å²) in [5, 5.41) is 11.6. The zero-order valence-corrected chi connectivity index (χ0v) is 15.7. The molecule has 0 aliphatic heterocycles. The number of carbonyl (C=O) groups is 2. The monoisotopic (exact) mass is 367 g/mol. The van der Waals surface area contributed by atoms with Gasteiger partial charge in [-0.15, -0.1) is 11.8 Å². The second-order valence-corrected chi connectivity index (χ2v) is 6.95. The van der Waals surface area contributed by atoms with Crippen molar-refractivity contribution in [2.45, 2.75) is 13.5 Å². The summed E-state index contributed by atoms with van der Waals surface area (Å²) < 4.78 is 0. The molecule has 0 bridgehead atoms. The van der Waals surface area contributed by atoms with Crippen molar-refractivity contribution in [1.29, 1.82) is 5.26 Å². The van der Waals surface area contributed by atoms with Crippen molar-refractivity contribution in [2.75, 3.05) is 23.9 Å². The second-order valence-electron chi connectivity index (χ2n) is 5.97. The first-order valence-electron chi connectivity index (χ1n) is 8.15. The molecule has 0 saturated carbocycles. The minimum absolute atomic E-state index is 0.0392. The SMILES string of the molecule is Cc1cccc(NC(=O)CSCC(=O)N(C)Cc2ccc(C#N)cc2)c1. The normalized spacial score (nSPS) is 10.0. The van der Waals surface area contributed by atoms with Gasteiger partial charge in [0, 0.05) is 19.3 Å². The van der Waals surface area contributed by atoms with Crippen LogP contribution in [0.5, 0.6) is 0 Å². The predicted molar refractivity (Wildman–Crippen MR) is 105 cm³/mol. The molecule has 0 heterocycles. The molecule has 0 radical (unpaired) electrons. The van der Waals surface area contributed by atoms with E-state index in [1.807, 2.05) is 43.3 Å². The number of nitrogens with zero attached hydrogens (tertiary/aromatic N) is 2. The molecule has 26 heavy (non-hydrogen) atoms. The molecule has 134 valence electrons.